The molecule has 13 heavy (non-hydrogen) atoms. The first-order valence-electron chi connectivity index (χ1n) is 1.79. The minimum Gasteiger partial charge on any atom is -1.00 e. The summed E-state index contributed by atoms with van der Waals surface area (Å²) in [6.07, 6.45) is 0. The largest absolute Gasteiger partial charge is 1.00 e. The molecule has 0 bridgehead atoms. The van der Waals surface area contributed by atoms with Gasteiger partial charge < -0.3 is 50.7 Å². The van der Waals surface area contributed by atoms with E-state index in [0.29, 0.717) is 0 Å². The zero-order valence-corrected chi connectivity index (χ0v) is 10.6. The molecule has 82 valence electrons. The molecular formula is H13NaO10Si2. The van der Waals surface area contributed by atoms with Crippen LogP contribution in [0.3, 0.4) is 0 Å². The second-order valence-electron chi connectivity index (χ2n) is 1.20. The van der Waals surface area contributed by atoms with E-state index in [4.69, 9.17) is 38.4 Å². The van der Waals surface area contributed by atoms with E-state index in [-0.39, 0.29) is 41.9 Å². The van der Waals surface area contributed by atoms with Crippen LogP contribution in [0.25, 0.3) is 0 Å². The Bertz CT molecular complexity index is 61.1. The number of hydrogen-bond acceptors (Lipinski definition) is 8. The van der Waals surface area contributed by atoms with E-state index in [1.807, 2.05) is 0 Å². The van der Waals surface area contributed by atoms with Gasteiger partial charge in [-0.1, -0.05) is 0 Å². The molecule has 0 fully saturated rings. The molecular weight excluding hydrogens is 239 g/mol. The van der Waals surface area contributed by atoms with Crippen LogP contribution < -0.4 is 29.6 Å². The molecule has 0 aliphatic heterocycles. The Hall–Kier alpha value is 1.03. The van der Waals surface area contributed by atoms with Crippen molar-refractivity contribution in [3.8, 4) is 0 Å². The molecule has 0 saturated carbocycles. The molecule has 12 N–H and O–H groups in total. The van der Waals surface area contributed by atoms with Crippen molar-refractivity contribution in [2.75, 3.05) is 0 Å². The van der Waals surface area contributed by atoms with Gasteiger partial charge in [-0.3, -0.25) is 0 Å². The van der Waals surface area contributed by atoms with E-state index in [1.54, 1.807) is 0 Å². The molecule has 0 aliphatic rings. The summed E-state index contributed by atoms with van der Waals surface area (Å²) >= 11 is 0. The van der Waals surface area contributed by atoms with Gasteiger partial charge in [0.1, 0.15) is 0 Å². The summed E-state index contributed by atoms with van der Waals surface area (Å²) in [7, 11) is -9.22. The zero-order chi connectivity index (χ0) is 9.00. The normalized spacial score (nSPS) is 9.23. The third-order valence-corrected chi connectivity index (χ3v) is 0. The second kappa shape index (κ2) is 11.1. The van der Waals surface area contributed by atoms with Gasteiger partial charge in [0.15, 0.2) is 0 Å². The summed E-state index contributed by atoms with van der Waals surface area (Å²) in [6, 6.07) is 0. The van der Waals surface area contributed by atoms with Crippen molar-refractivity contribution in [3.05, 3.63) is 0 Å². The van der Waals surface area contributed by atoms with Crippen LogP contribution in [0.1, 0.15) is 1.43 Å². The van der Waals surface area contributed by atoms with E-state index >= 15 is 0 Å². The van der Waals surface area contributed by atoms with Crippen molar-refractivity contribution in [3.63, 3.8) is 0 Å². The van der Waals surface area contributed by atoms with Gasteiger partial charge >= 0.3 is 47.7 Å². The molecule has 0 aliphatic carbocycles. The van der Waals surface area contributed by atoms with Crippen molar-refractivity contribution in [1.29, 1.82) is 0 Å². The third-order valence-electron chi connectivity index (χ3n) is 0. The summed E-state index contributed by atoms with van der Waals surface area (Å²) in [5.41, 5.74) is 0. The van der Waals surface area contributed by atoms with Crippen molar-refractivity contribution in [1.82, 2.24) is 0 Å². The Morgan fingerprint density at radius 3 is 0.538 bits per heavy atom. The fourth-order valence-electron chi connectivity index (χ4n) is 0. The molecule has 0 aromatic rings. The van der Waals surface area contributed by atoms with Crippen molar-refractivity contribution in [2.45, 2.75) is 0 Å². The van der Waals surface area contributed by atoms with Crippen LogP contribution in [0.15, 0.2) is 0 Å². The molecule has 10 nitrogen and oxygen atoms in total. The Morgan fingerprint density at radius 1 is 0.538 bits per heavy atom. The van der Waals surface area contributed by atoms with Crippen LogP contribution in [0.4, 0.5) is 0 Å². The maximum Gasteiger partial charge on any atom is 1.00 e. The minimum absolute atomic E-state index is 0. The molecule has 0 heterocycles. The summed E-state index contributed by atoms with van der Waals surface area (Å²) in [6.45, 7) is 0. The Balaban J connectivity index is -0.0000000178. The molecule has 0 spiro atoms. The van der Waals surface area contributed by atoms with Gasteiger partial charge in [0.25, 0.3) is 0 Å². The maximum atomic E-state index is 7.33. The van der Waals surface area contributed by atoms with Crippen LogP contribution in [0.5, 0.6) is 0 Å². The molecule has 0 amide bonds. The summed E-state index contributed by atoms with van der Waals surface area (Å²) in [5, 5.41) is 0. The fourth-order valence-corrected chi connectivity index (χ4v) is 0. The van der Waals surface area contributed by atoms with Gasteiger partial charge in [0, 0.05) is 0 Å². The predicted octanol–water partition coefficient (Wildman–Crippen LogP) is -9.75. The van der Waals surface area contributed by atoms with Gasteiger partial charge in [-0.15, -0.1) is 0 Å². The van der Waals surface area contributed by atoms with E-state index in [1.165, 1.54) is 0 Å². The monoisotopic (exact) mass is 252 g/mol. The summed E-state index contributed by atoms with van der Waals surface area (Å²) in [4.78, 5) is 58.6. The van der Waals surface area contributed by atoms with Crippen molar-refractivity contribution in [2.24, 2.45) is 0 Å². The van der Waals surface area contributed by atoms with Crippen LogP contribution in [0.2, 0.25) is 0 Å². The Kier molecular flexibility index (Phi) is 25.0. The molecule has 0 radical (unpaired) electrons. The van der Waals surface area contributed by atoms with E-state index in [2.05, 4.69) is 0 Å². The predicted molar refractivity (Wildman–Crippen MR) is 37.6 cm³/mol. The van der Waals surface area contributed by atoms with Crippen molar-refractivity contribution < 1.29 is 80.3 Å². The molecule has 0 atom stereocenters. The van der Waals surface area contributed by atoms with Crippen LogP contribution in [-0.4, -0.2) is 67.4 Å². The molecule has 0 aromatic heterocycles. The zero-order valence-electron chi connectivity index (χ0n) is 7.58. The smallest absolute Gasteiger partial charge is 1.00 e. The van der Waals surface area contributed by atoms with Crippen LogP contribution in [-0.2, 0) is 0 Å². The summed E-state index contributed by atoms with van der Waals surface area (Å²) in [5.74, 6) is 0. The number of rotatable bonds is 0. The first-order valence-corrected chi connectivity index (χ1v) is 5.37. The van der Waals surface area contributed by atoms with Gasteiger partial charge in [-0.2, -0.15) is 0 Å². The standard InChI is InChI=1S/Na.2H4O4Si.2H2O.H/c;2*1-5(2,3)4;;;/h;2*1-4H;2*1H2;/q+1;;;;;-1. The van der Waals surface area contributed by atoms with E-state index in [9.17, 15) is 0 Å². The Morgan fingerprint density at radius 2 is 0.538 bits per heavy atom. The topological polar surface area (TPSA) is 225 Å². The van der Waals surface area contributed by atoms with E-state index in [0.717, 1.165) is 0 Å². The fraction of sp³-hybridized carbons (Fsp3) is 0. The minimum atomic E-state index is -4.61. The van der Waals surface area contributed by atoms with Gasteiger partial charge in [-0.05, 0) is 0 Å². The first-order chi connectivity index (χ1) is 4.00. The maximum absolute atomic E-state index is 7.33. The number of hydrogen-bond donors (Lipinski definition) is 8. The SMILES string of the molecule is O.O.O[Si](O)(O)O.O[Si](O)(O)O.[H-].[Na+]. The first kappa shape index (κ1) is 29.2. The average Bonchev–Trinajstić information content (AvgIpc) is 1.12. The molecule has 0 saturated heterocycles. The van der Waals surface area contributed by atoms with Gasteiger partial charge in [0.05, 0.1) is 0 Å². The molecule has 0 unspecified atom stereocenters. The Labute approximate surface area is 98.3 Å². The molecule has 13 heteroatoms. The third kappa shape index (κ3) is 1480. The molecule has 0 aromatic carbocycles. The molecule has 0 rings (SSSR count). The van der Waals surface area contributed by atoms with Gasteiger partial charge in [0.2, 0.25) is 0 Å². The van der Waals surface area contributed by atoms with Crippen LogP contribution >= 0.6 is 0 Å². The average molecular weight is 252 g/mol. The van der Waals surface area contributed by atoms with Crippen LogP contribution in [0, 0.1) is 0 Å². The van der Waals surface area contributed by atoms with E-state index < -0.39 is 18.1 Å². The summed E-state index contributed by atoms with van der Waals surface area (Å²) < 4.78 is 0. The van der Waals surface area contributed by atoms with Gasteiger partial charge in [-0.25, -0.2) is 0 Å². The van der Waals surface area contributed by atoms with Crippen molar-refractivity contribution >= 4 is 18.1 Å². The quantitative estimate of drug-likeness (QED) is 0.192. The second-order valence-corrected chi connectivity index (χ2v) is 3.60.